The molecule has 110 valence electrons. The number of nitrogens with one attached hydrogen (secondary N) is 1. The SMILES string of the molecule is Cc1cc(C)nc(SCC(=O)N/N=C/c2ccc(Br)s2)n1. The van der Waals surface area contributed by atoms with Gasteiger partial charge in [-0.05, 0) is 48.0 Å². The van der Waals surface area contributed by atoms with E-state index in [9.17, 15) is 4.79 Å². The van der Waals surface area contributed by atoms with Crippen LogP contribution in [-0.4, -0.2) is 27.8 Å². The van der Waals surface area contributed by atoms with Crippen LogP contribution < -0.4 is 5.43 Å². The van der Waals surface area contributed by atoms with E-state index in [1.165, 1.54) is 11.8 Å². The van der Waals surface area contributed by atoms with E-state index < -0.39 is 0 Å². The number of nitrogens with zero attached hydrogens (tertiary/aromatic N) is 3. The summed E-state index contributed by atoms with van der Waals surface area (Å²) in [5.74, 6) is 0.0450. The van der Waals surface area contributed by atoms with Crippen molar-refractivity contribution < 1.29 is 4.79 Å². The molecule has 0 unspecified atom stereocenters. The first-order valence-electron chi connectivity index (χ1n) is 6.05. The van der Waals surface area contributed by atoms with Gasteiger partial charge in [0, 0.05) is 16.3 Å². The normalized spacial score (nSPS) is 11.0. The van der Waals surface area contributed by atoms with Gasteiger partial charge in [0.15, 0.2) is 5.16 Å². The standard InChI is InChI=1S/C13H13BrN4OS2/c1-8-5-9(2)17-13(16-8)20-7-12(19)18-15-6-10-3-4-11(14)21-10/h3-6H,7H2,1-2H3,(H,18,19)/b15-6+. The van der Waals surface area contributed by atoms with E-state index in [0.717, 1.165) is 20.1 Å². The number of halogens is 1. The monoisotopic (exact) mass is 384 g/mol. The van der Waals surface area contributed by atoms with E-state index in [-0.39, 0.29) is 11.7 Å². The summed E-state index contributed by atoms with van der Waals surface area (Å²) in [6.07, 6.45) is 1.62. The van der Waals surface area contributed by atoms with Crippen molar-refractivity contribution in [1.82, 2.24) is 15.4 Å². The van der Waals surface area contributed by atoms with Crippen LogP contribution in [-0.2, 0) is 4.79 Å². The molecule has 0 spiro atoms. The number of carbonyl (C=O) groups is 1. The maximum absolute atomic E-state index is 11.7. The van der Waals surface area contributed by atoms with Gasteiger partial charge in [0.2, 0.25) is 0 Å². The van der Waals surface area contributed by atoms with Crippen molar-refractivity contribution in [3.8, 4) is 0 Å². The molecule has 1 amide bonds. The molecule has 8 heteroatoms. The van der Waals surface area contributed by atoms with Gasteiger partial charge in [-0.3, -0.25) is 4.79 Å². The van der Waals surface area contributed by atoms with Gasteiger partial charge in [-0.2, -0.15) is 5.10 Å². The van der Waals surface area contributed by atoms with Gasteiger partial charge in [0.05, 0.1) is 15.8 Å². The van der Waals surface area contributed by atoms with Crippen molar-refractivity contribution in [2.75, 3.05) is 5.75 Å². The molecule has 5 nitrogen and oxygen atoms in total. The molecule has 0 aliphatic carbocycles. The Morgan fingerprint density at radius 2 is 2.14 bits per heavy atom. The molecular formula is C13H13BrN4OS2. The fourth-order valence-corrected chi connectivity index (χ4v) is 3.52. The van der Waals surface area contributed by atoms with E-state index in [4.69, 9.17) is 0 Å². The highest BCUT2D eigenvalue weighted by Crippen LogP contribution is 2.20. The minimum absolute atomic E-state index is 0.186. The topological polar surface area (TPSA) is 67.2 Å². The van der Waals surface area contributed by atoms with Gasteiger partial charge in [-0.25, -0.2) is 15.4 Å². The lowest BCUT2D eigenvalue weighted by atomic mass is 10.4. The summed E-state index contributed by atoms with van der Waals surface area (Å²) in [6, 6.07) is 5.75. The molecule has 0 aromatic carbocycles. The van der Waals surface area contributed by atoms with Crippen LogP contribution in [0.1, 0.15) is 16.3 Å². The zero-order chi connectivity index (χ0) is 15.2. The average molecular weight is 385 g/mol. The molecule has 0 fully saturated rings. The number of carbonyl (C=O) groups excluding carboxylic acids is 1. The minimum atomic E-state index is -0.186. The Labute approximate surface area is 139 Å². The number of thiophene rings is 1. The molecule has 2 rings (SSSR count). The smallest absolute Gasteiger partial charge is 0.250 e. The van der Waals surface area contributed by atoms with E-state index in [0.29, 0.717) is 5.16 Å². The number of aromatic nitrogens is 2. The summed E-state index contributed by atoms with van der Waals surface area (Å²) in [6.45, 7) is 3.81. The summed E-state index contributed by atoms with van der Waals surface area (Å²) in [5, 5.41) is 4.52. The van der Waals surface area contributed by atoms with E-state index >= 15 is 0 Å². The zero-order valence-corrected chi connectivity index (χ0v) is 14.7. The predicted octanol–water partition coefficient (Wildman–Crippen LogP) is 3.16. The van der Waals surface area contributed by atoms with E-state index in [1.54, 1.807) is 17.6 Å². The molecule has 0 atom stereocenters. The summed E-state index contributed by atoms with van der Waals surface area (Å²) in [4.78, 5) is 21.2. The number of hydrazone groups is 1. The third kappa shape index (κ3) is 5.56. The van der Waals surface area contributed by atoms with E-state index in [2.05, 4.69) is 36.4 Å². The van der Waals surface area contributed by atoms with Crippen molar-refractivity contribution in [2.45, 2.75) is 19.0 Å². The van der Waals surface area contributed by atoms with Crippen LogP contribution in [0.5, 0.6) is 0 Å². The molecule has 0 aliphatic rings. The van der Waals surface area contributed by atoms with Crippen LogP contribution in [0.25, 0.3) is 0 Å². The molecule has 0 radical (unpaired) electrons. The van der Waals surface area contributed by atoms with Crippen LogP contribution in [0.3, 0.4) is 0 Å². The third-order valence-corrected chi connectivity index (χ3v) is 4.67. The number of thioether (sulfide) groups is 1. The van der Waals surface area contributed by atoms with Crippen molar-refractivity contribution in [2.24, 2.45) is 5.10 Å². The minimum Gasteiger partial charge on any atom is -0.272 e. The Morgan fingerprint density at radius 1 is 1.43 bits per heavy atom. The summed E-state index contributed by atoms with van der Waals surface area (Å²) < 4.78 is 1.03. The van der Waals surface area contributed by atoms with Crippen LogP contribution >= 0.6 is 39.0 Å². The average Bonchev–Trinajstić information content (AvgIpc) is 2.81. The highest BCUT2D eigenvalue weighted by Gasteiger charge is 2.05. The first-order valence-corrected chi connectivity index (χ1v) is 8.65. The third-order valence-electron chi connectivity index (χ3n) is 2.27. The molecule has 0 bridgehead atoms. The molecule has 2 aromatic rings. The second kappa shape index (κ2) is 7.67. The quantitative estimate of drug-likeness (QED) is 0.372. The lowest BCUT2D eigenvalue weighted by molar-refractivity contribution is -0.118. The fraction of sp³-hybridized carbons (Fsp3) is 0.231. The highest BCUT2D eigenvalue weighted by atomic mass is 79.9. The largest absolute Gasteiger partial charge is 0.272 e. The maximum atomic E-state index is 11.7. The molecule has 0 saturated carbocycles. The summed E-state index contributed by atoms with van der Waals surface area (Å²) in [5.41, 5.74) is 4.28. The molecule has 2 aromatic heterocycles. The Bertz CT molecular complexity index is 652. The van der Waals surface area contributed by atoms with Gasteiger partial charge < -0.3 is 0 Å². The van der Waals surface area contributed by atoms with Crippen molar-refractivity contribution >= 4 is 51.2 Å². The highest BCUT2D eigenvalue weighted by molar-refractivity contribution is 9.11. The van der Waals surface area contributed by atoms with Gasteiger partial charge in [0.1, 0.15) is 0 Å². The van der Waals surface area contributed by atoms with Crippen molar-refractivity contribution in [3.63, 3.8) is 0 Å². The summed E-state index contributed by atoms with van der Waals surface area (Å²) in [7, 11) is 0. The number of amides is 1. The molecule has 0 saturated heterocycles. The zero-order valence-electron chi connectivity index (χ0n) is 11.5. The number of aryl methyl sites for hydroxylation is 2. The lowest BCUT2D eigenvalue weighted by Gasteiger charge is -2.02. The van der Waals surface area contributed by atoms with Crippen LogP contribution in [0.15, 0.2) is 32.2 Å². The van der Waals surface area contributed by atoms with Gasteiger partial charge in [-0.1, -0.05) is 11.8 Å². The second-order valence-corrected chi connectivity index (χ2v) is 7.59. The molecule has 2 heterocycles. The van der Waals surface area contributed by atoms with Gasteiger partial charge >= 0.3 is 0 Å². The van der Waals surface area contributed by atoms with E-state index in [1.807, 2.05) is 32.0 Å². The summed E-state index contributed by atoms with van der Waals surface area (Å²) >= 11 is 6.21. The first-order chi connectivity index (χ1) is 10.0. The Kier molecular flexibility index (Phi) is 5.89. The van der Waals surface area contributed by atoms with Crippen LogP contribution in [0.4, 0.5) is 0 Å². The Balaban J connectivity index is 1.80. The van der Waals surface area contributed by atoms with Gasteiger partial charge in [-0.15, -0.1) is 11.3 Å². The predicted molar refractivity (Wildman–Crippen MR) is 90.0 cm³/mol. The molecule has 1 N–H and O–H groups in total. The molecule has 21 heavy (non-hydrogen) atoms. The lowest BCUT2D eigenvalue weighted by Crippen LogP contribution is -2.19. The number of rotatable bonds is 5. The van der Waals surface area contributed by atoms with Crippen LogP contribution in [0.2, 0.25) is 0 Å². The number of hydrogen-bond donors (Lipinski definition) is 1. The first kappa shape index (κ1) is 16.1. The van der Waals surface area contributed by atoms with Crippen molar-refractivity contribution in [1.29, 1.82) is 0 Å². The molecular weight excluding hydrogens is 372 g/mol. The van der Waals surface area contributed by atoms with Gasteiger partial charge in [0.25, 0.3) is 5.91 Å². The maximum Gasteiger partial charge on any atom is 0.250 e. The Hall–Kier alpha value is -1.25. The van der Waals surface area contributed by atoms with Crippen molar-refractivity contribution in [3.05, 3.63) is 38.3 Å². The fourth-order valence-electron chi connectivity index (χ4n) is 1.49. The van der Waals surface area contributed by atoms with Crippen LogP contribution in [0, 0.1) is 13.8 Å². The Morgan fingerprint density at radius 3 is 2.76 bits per heavy atom. The number of hydrogen-bond acceptors (Lipinski definition) is 6. The second-order valence-electron chi connectivity index (χ2n) is 4.16. The molecule has 0 aliphatic heterocycles.